The van der Waals surface area contributed by atoms with E-state index in [0.717, 1.165) is 25.9 Å². The van der Waals surface area contributed by atoms with Gasteiger partial charge >= 0.3 is 5.97 Å². The zero-order chi connectivity index (χ0) is 14.6. The van der Waals surface area contributed by atoms with Gasteiger partial charge in [0.25, 0.3) is 0 Å². The van der Waals surface area contributed by atoms with Crippen LogP contribution in [0.1, 0.15) is 40.0 Å². The largest absolute Gasteiger partial charge is 0.454 e. The number of carbonyl (C=O) groups is 3. The van der Waals surface area contributed by atoms with Crippen LogP contribution in [0.3, 0.4) is 0 Å². The molecule has 0 aromatic carbocycles. The molecule has 1 aliphatic heterocycles. The molecule has 0 saturated carbocycles. The average Bonchev–Trinajstić information content (AvgIpc) is 2.27. The van der Waals surface area contributed by atoms with Crippen LogP contribution in [0, 0.1) is 5.92 Å². The molecule has 19 heavy (non-hydrogen) atoms. The molecule has 5 heteroatoms. The van der Waals surface area contributed by atoms with Gasteiger partial charge in [-0.1, -0.05) is 0 Å². The molecule has 0 bridgehead atoms. The maximum Gasteiger partial charge on any atom is 0.375 e. The maximum atomic E-state index is 11.9. The van der Waals surface area contributed by atoms with Crippen LogP contribution in [0.2, 0.25) is 0 Å². The normalized spacial score (nSPS) is 18.1. The van der Waals surface area contributed by atoms with Gasteiger partial charge in [-0.3, -0.25) is 9.59 Å². The summed E-state index contributed by atoms with van der Waals surface area (Å²) >= 11 is 0. The quantitative estimate of drug-likeness (QED) is 0.436. The zero-order valence-corrected chi connectivity index (χ0v) is 12.2. The Kier molecular flexibility index (Phi) is 5.23. The Morgan fingerprint density at radius 2 is 1.68 bits per heavy atom. The molecule has 0 aliphatic carbocycles. The van der Waals surface area contributed by atoms with E-state index in [1.165, 1.54) is 0 Å². The fourth-order valence-electron chi connectivity index (χ4n) is 2.04. The number of ketones is 2. The Balaban J connectivity index is 2.44. The summed E-state index contributed by atoms with van der Waals surface area (Å²) in [6, 6.07) is 0. The number of likely N-dealkylation sites (tertiary alicyclic amines) is 1. The molecule has 0 unspecified atom stereocenters. The third-order valence-electron chi connectivity index (χ3n) is 3.14. The molecule has 1 aliphatic rings. The first-order valence-electron chi connectivity index (χ1n) is 6.66. The molecular formula is C14H23NO4. The lowest BCUT2D eigenvalue weighted by molar-refractivity contribution is -0.163. The van der Waals surface area contributed by atoms with Crippen molar-refractivity contribution in [2.45, 2.75) is 45.6 Å². The monoisotopic (exact) mass is 269 g/mol. The van der Waals surface area contributed by atoms with Gasteiger partial charge in [-0.15, -0.1) is 0 Å². The van der Waals surface area contributed by atoms with Crippen molar-refractivity contribution in [2.24, 2.45) is 5.92 Å². The predicted molar refractivity (Wildman–Crippen MR) is 70.7 cm³/mol. The Morgan fingerprint density at radius 3 is 2.16 bits per heavy atom. The summed E-state index contributed by atoms with van der Waals surface area (Å²) < 4.78 is 4.96. The summed E-state index contributed by atoms with van der Waals surface area (Å²) in [4.78, 5) is 37.2. The van der Waals surface area contributed by atoms with Gasteiger partial charge in [0.05, 0.1) is 6.42 Å². The van der Waals surface area contributed by atoms with Crippen LogP contribution in [0.15, 0.2) is 0 Å². The zero-order valence-electron chi connectivity index (χ0n) is 12.2. The van der Waals surface area contributed by atoms with E-state index >= 15 is 0 Å². The van der Waals surface area contributed by atoms with Crippen LogP contribution < -0.4 is 0 Å². The van der Waals surface area contributed by atoms with Gasteiger partial charge in [0.15, 0.2) is 0 Å². The van der Waals surface area contributed by atoms with Crippen molar-refractivity contribution < 1.29 is 19.1 Å². The van der Waals surface area contributed by atoms with E-state index in [0.29, 0.717) is 0 Å². The van der Waals surface area contributed by atoms with Gasteiger partial charge in [-0.05, 0) is 53.8 Å². The van der Waals surface area contributed by atoms with Crippen LogP contribution >= 0.6 is 0 Å². The first-order valence-corrected chi connectivity index (χ1v) is 6.66. The number of rotatable bonds is 4. The van der Waals surface area contributed by atoms with Crippen molar-refractivity contribution in [3.8, 4) is 0 Å². The SMILES string of the molecule is CN1CCC(C(=O)CC(=O)C(=O)OC(C)(C)C)CC1. The first kappa shape index (κ1) is 15.8. The van der Waals surface area contributed by atoms with Crippen molar-refractivity contribution in [1.82, 2.24) is 4.90 Å². The summed E-state index contributed by atoms with van der Waals surface area (Å²) in [6.45, 7) is 6.79. The third kappa shape index (κ3) is 5.51. The molecule has 0 aromatic rings. The number of nitrogens with zero attached hydrogens (tertiary/aromatic N) is 1. The number of piperidine rings is 1. The van der Waals surface area contributed by atoms with Crippen molar-refractivity contribution in [3.63, 3.8) is 0 Å². The second kappa shape index (κ2) is 6.28. The second-order valence-corrected chi connectivity index (χ2v) is 6.15. The standard InChI is InChI=1S/C14H23NO4/c1-14(2,3)19-13(18)12(17)9-11(16)10-5-7-15(4)8-6-10/h10H,5-9H2,1-4H3. The van der Waals surface area contributed by atoms with Crippen LogP contribution in [-0.2, 0) is 19.1 Å². The highest BCUT2D eigenvalue weighted by molar-refractivity contribution is 6.37. The second-order valence-electron chi connectivity index (χ2n) is 6.15. The lowest BCUT2D eigenvalue weighted by Gasteiger charge is -2.27. The van der Waals surface area contributed by atoms with E-state index in [-0.39, 0.29) is 18.1 Å². The summed E-state index contributed by atoms with van der Waals surface area (Å²) in [5.41, 5.74) is -0.705. The van der Waals surface area contributed by atoms with Crippen molar-refractivity contribution in [3.05, 3.63) is 0 Å². The number of carbonyl (C=O) groups excluding carboxylic acids is 3. The molecule has 0 atom stereocenters. The van der Waals surface area contributed by atoms with Gasteiger partial charge in [0, 0.05) is 5.92 Å². The number of hydrogen-bond acceptors (Lipinski definition) is 5. The van der Waals surface area contributed by atoms with E-state index in [4.69, 9.17) is 4.74 Å². The first-order chi connectivity index (χ1) is 8.69. The molecule has 1 rings (SSSR count). The molecule has 1 saturated heterocycles. The lowest BCUT2D eigenvalue weighted by Crippen LogP contribution is -2.35. The molecule has 5 nitrogen and oxygen atoms in total. The fourth-order valence-corrected chi connectivity index (χ4v) is 2.04. The van der Waals surface area contributed by atoms with E-state index in [9.17, 15) is 14.4 Å². The average molecular weight is 269 g/mol. The van der Waals surface area contributed by atoms with Gasteiger partial charge < -0.3 is 9.64 Å². The van der Waals surface area contributed by atoms with Crippen molar-refractivity contribution in [1.29, 1.82) is 0 Å². The number of esters is 1. The highest BCUT2D eigenvalue weighted by Crippen LogP contribution is 2.18. The van der Waals surface area contributed by atoms with E-state index in [2.05, 4.69) is 4.90 Å². The molecule has 108 valence electrons. The van der Waals surface area contributed by atoms with Crippen LogP contribution in [0.25, 0.3) is 0 Å². The van der Waals surface area contributed by atoms with E-state index in [1.54, 1.807) is 20.8 Å². The van der Waals surface area contributed by atoms with Crippen molar-refractivity contribution >= 4 is 17.5 Å². The molecule has 1 heterocycles. The molecule has 0 amide bonds. The molecule has 0 aromatic heterocycles. The van der Waals surface area contributed by atoms with E-state index in [1.807, 2.05) is 7.05 Å². The Bertz CT molecular complexity index is 362. The Morgan fingerprint density at radius 1 is 1.16 bits per heavy atom. The predicted octanol–water partition coefficient (Wildman–Crippen LogP) is 1.20. The van der Waals surface area contributed by atoms with Gasteiger partial charge in [-0.2, -0.15) is 0 Å². The third-order valence-corrected chi connectivity index (χ3v) is 3.14. The smallest absolute Gasteiger partial charge is 0.375 e. The van der Waals surface area contributed by atoms with Gasteiger partial charge in [-0.25, -0.2) is 4.79 Å². The highest BCUT2D eigenvalue weighted by atomic mass is 16.6. The molecule has 0 N–H and O–H groups in total. The highest BCUT2D eigenvalue weighted by Gasteiger charge is 2.29. The van der Waals surface area contributed by atoms with Crippen LogP contribution in [-0.4, -0.2) is 48.2 Å². The summed E-state index contributed by atoms with van der Waals surface area (Å²) in [7, 11) is 2.01. The molecule has 1 fully saturated rings. The topological polar surface area (TPSA) is 63.7 Å². The molecule has 0 spiro atoms. The van der Waals surface area contributed by atoms with E-state index < -0.39 is 17.4 Å². The Labute approximate surface area is 114 Å². The molecular weight excluding hydrogens is 246 g/mol. The summed E-state index contributed by atoms with van der Waals surface area (Å²) in [5.74, 6) is -1.88. The lowest BCUT2D eigenvalue weighted by atomic mass is 9.90. The van der Waals surface area contributed by atoms with Gasteiger partial charge in [0.1, 0.15) is 11.4 Å². The van der Waals surface area contributed by atoms with Gasteiger partial charge in [0.2, 0.25) is 5.78 Å². The number of hydrogen-bond donors (Lipinski definition) is 0. The van der Waals surface area contributed by atoms with Crippen LogP contribution in [0.4, 0.5) is 0 Å². The summed E-state index contributed by atoms with van der Waals surface area (Å²) in [6.07, 6.45) is 1.19. The number of ether oxygens (including phenoxy) is 1. The number of Topliss-reactive ketones (excluding diaryl/α,β-unsaturated/α-hetero) is 2. The van der Waals surface area contributed by atoms with Crippen molar-refractivity contribution in [2.75, 3.05) is 20.1 Å². The molecule has 0 radical (unpaired) electrons. The minimum Gasteiger partial charge on any atom is -0.454 e. The fraction of sp³-hybridized carbons (Fsp3) is 0.786. The minimum atomic E-state index is -0.909. The Hall–Kier alpha value is -1.23. The summed E-state index contributed by atoms with van der Waals surface area (Å²) in [5, 5.41) is 0. The minimum absolute atomic E-state index is 0.0948. The van der Waals surface area contributed by atoms with Crippen LogP contribution in [0.5, 0.6) is 0 Å². The maximum absolute atomic E-state index is 11.9.